The number of benzene rings is 3. The first-order chi connectivity index (χ1) is 16.5. The summed E-state index contributed by atoms with van der Waals surface area (Å²) in [6.45, 7) is 3.90. The highest BCUT2D eigenvalue weighted by molar-refractivity contribution is 7.99. The van der Waals surface area contributed by atoms with E-state index in [-0.39, 0.29) is 17.2 Å². The van der Waals surface area contributed by atoms with Gasteiger partial charge in [0.2, 0.25) is 0 Å². The molecule has 7 heteroatoms. The van der Waals surface area contributed by atoms with Crippen LogP contribution in [0.2, 0.25) is 0 Å². The number of rotatable bonds is 7. The monoisotopic (exact) mass is 468 g/mol. The molecule has 1 aromatic heterocycles. The molecule has 4 rings (SSSR count). The number of hydrogen-bond donors (Lipinski definition) is 1. The molecule has 1 N–H and O–H groups in total. The second kappa shape index (κ2) is 10.8. The van der Waals surface area contributed by atoms with Gasteiger partial charge in [-0.2, -0.15) is 5.10 Å². The highest BCUT2D eigenvalue weighted by atomic mass is 32.2. The average molecular weight is 469 g/mol. The fourth-order valence-electron chi connectivity index (χ4n) is 3.35. The van der Waals surface area contributed by atoms with Gasteiger partial charge in [-0.25, -0.2) is 10.4 Å². The van der Waals surface area contributed by atoms with E-state index in [9.17, 15) is 9.59 Å². The summed E-state index contributed by atoms with van der Waals surface area (Å²) in [5, 5.41) is 5.02. The number of hydrogen-bond acceptors (Lipinski definition) is 5. The van der Waals surface area contributed by atoms with Crippen LogP contribution in [0.4, 0.5) is 0 Å². The van der Waals surface area contributed by atoms with Gasteiger partial charge in [-0.15, -0.1) is 0 Å². The number of aromatic nitrogens is 2. The van der Waals surface area contributed by atoms with Crippen molar-refractivity contribution in [3.8, 4) is 5.69 Å². The molecule has 34 heavy (non-hydrogen) atoms. The third-order valence-corrected chi connectivity index (χ3v) is 5.96. The molecule has 4 aromatic rings. The molecule has 0 unspecified atom stereocenters. The second-order valence-corrected chi connectivity index (χ2v) is 8.71. The molecule has 0 fully saturated rings. The molecule has 0 spiro atoms. The molecular weight excluding hydrogens is 444 g/mol. The van der Waals surface area contributed by atoms with Gasteiger partial charge in [0.25, 0.3) is 11.5 Å². The van der Waals surface area contributed by atoms with Crippen LogP contribution < -0.4 is 11.0 Å². The van der Waals surface area contributed by atoms with Crippen LogP contribution in [0.1, 0.15) is 18.1 Å². The van der Waals surface area contributed by atoms with Crippen molar-refractivity contribution in [2.45, 2.75) is 19.0 Å². The first-order valence-corrected chi connectivity index (χ1v) is 11.8. The fraction of sp³-hybridized carbons (Fsp3) is 0.111. The number of nitrogens with one attached hydrogen (secondary N) is 1. The van der Waals surface area contributed by atoms with E-state index in [2.05, 4.69) is 15.5 Å². The molecule has 0 aliphatic rings. The van der Waals surface area contributed by atoms with E-state index >= 15 is 0 Å². The number of amides is 1. The zero-order valence-electron chi connectivity index (χ0n) is 18.9. The Morgan fingerprint density at radius 3 is 2.50 bits per heavy atom. The number of hydrazone groups is 1. The summed E-state index contributed by atoms with van der Waals surface area (Å²) < 4.78 is 1.55. The van der Waals surface area contributed by atoms with Gasteiger partial charge in [-0.1, -0.05) is 78.0 Å². The number of nitrogens with zero attached hydrogens (tertiary/aromatic N) is 3. The average Bonchev–Trinajstić information content (AvgIpc) is 2.84. The molecule has 0 radical (unpaired) electrons. The Bertz CT molecular complexity index is 1420. The van der Waals surface area contributed by atoms with Crippen molar-refractivity contribution in [1.82, 2.24) is 15.0 Å². The summed E-state index contributed by atoms with van der Waals surface area (Å²) in [6.07, 6.45) is 3.58. The van der Waals surface area contributed by atoms with Crippen LogP contribution in [0.5, 0.6) is 0 Å². The summed E-state index contributed by atoms with van der Waals surface area (Å²) in [7, 11) is 0. The van der Waals surface area contributed by atoms with Gasteiger partial charge < -0.3 is 0 Å². The summed E-state index contributed by atoms with van der Waals surface area (Å²) in [5.41, 5.74) is 6.73. The van der Waals surface area contributed by atoms with E-state index in [1.165, 1.54) is 11.8 Å². The Morgan fingerprint density at radius 1 is 1.03 bits per heavy atom. The second-order valence-electron chi connectivity index (χ2n) is 7.77. The predicted molar refractivity (Wildman–Crippen MR) is 140 cm³/mol. The SMILES string of the molecule is CC(/C=N\NC(=O)CSc1nc2ccccc2c(=O)n1-c1ccc(C)cc1)=C\c1ccccc1. The number of carbonyl (C=O) groups is 1. The van der Waals surface area contributed by atoms with Gasteiger partial charge in [0.05, 0.1) is 28.6 Å². The predicted octanol–water partition coefficient (Wildman–Crippen LogP) is 4.99. The third kappa shape index (κ3) is 5.68. The molecule has 3 aromatic carbocycles. The van der Waals surface area contributed by atoms with Crippen molar-refractivity contribution in [2.75, 3.05) is 5.75 Å². The molecule has 0 aliphatic carbocycles. The van der Waals surface area contributed by atoms with Crippen molar-refractivity contribution in [1.29, 1.82) is 0 Å². The summed E-state index contributed by atoms with van der Waals surface area (Å²) in [6, 6.07) is 24.7. The molecule has 0 saturated carbocycles. The van der Waals surface area contributed by atoms with E-state index in [4.69, 9.17) is 0 Å². The van der Waals surface area contributed by atoms with Crippen LogP contribution in [0.3, 0.4) is 0 Å². The van der Waals surface area contributed by atoms with Gasteiger partial charge in [0.15, 0.2) is 5.16 Å². The molecule has 0 bridgehead atoms. The Hall–Kier alpha value is -3.97. The van der Waals surface area contributed by atoms with E-state index in [1.54, 1.807) is 22.9 Å². The molecule has 1 heterocycles. The minimum absolute atomic E-state index is 0.0649. The lowest BCUT2D eigenvalue weighted by molar-refractivity contribution is -0.118. The molecule has 170 valence electrons. The first-order valence-electron chi connectivity index (χ1n) is 10.8. The maximum Gasteiger partial charge on any atom is 0.266 e. The minimum atomic E-state index is -0.286. The van der Waals surface area contributed by atoms with Gasteiger partial charge in [-0.05, 0) is 49.2 Å². The van der Waals surface area contributed by atoms with Crippen molar-refractivity contribution in [3.05, 3.63) is 106 Å². The van der Waals surface area contributed by atoms with Gasteiger partial charge in [0.1, 0.15) is 0 Å². The number of allylic oxidation sites excluding steroid dienone is 1. The lowest BCUT2D eigenvalue weighted by atomic mass is 10.1. The van der Waals surface area contributed by atoms with Gasteiger partial charge in [-0.3, -0.25) is 14.2 Å². The number of fused-ring (bicyclic) bond motifs is 1. The zero-order valence-corrected chi connectivity index (χ0v) is 19.8. The molecule has 1 amide bonds. The maximum atomic E-state index is 13.3. The molecule has 0 atom stereocenters. The number of thioether (sulfide) groups is 1. The number of para-hydroxylation sites is 1. The molecule has 0 aliphatic heterocycles. The van der Waals surface area contributed by atoms with Crippen LogP contribution in [0.15, 0.2) is 99.5 Å². The minimum Gasteiger partial charge on any atom is -0.272 e. The highest BCUT2D eigenvalue weighted by Gasteiger charge is 2.14. The van der Waals surface area contributed by atoms with Crippen molar-refractivity contribution < 1.29 is 4.79 Å². The van der Waals surface area contributed by atoms with E-state index < -0.39 is 0 Å². The van der Waals surface area contributed by atoms with Crippen LogP contribution in [-0.2, 0) is 4.79 Å². The van der Waals surface area contributed by atoms with Crippen LogP contribution >= 0.6 is 11.8 Å². The fourth-order valence-corrected chi connectivity index (χ4v) is 4.15. The molecule has 6 nitrogen and oxygen atoms in total. The normalized spacial score (nSPS) is 11.8. The standard InChI is InChI=1S/C27H24N4O2S/c1-19-12-14-22(15-13-19)31-26(33)23-10-6-7-11-24(23)29-27(31)34-18-25(32)30-28-17-20(2)16-21-8-4-3-5-9-21/h3-17H,18H2,1-2H3,(H,30,32)/b20-16+,28-17-. The topological polar surface area (TPSA) is 76.3 Å². The van der Waals surface area contributed by atoms with E-state index in [0.29, 0.717) is 21.7 Å². The van der Waals surface area contributed by atoms with Crippen LogP contribution in [0, 0.1) is 6.92 Å². The third-order valence-electron chi connectivity index (χ3n) is 5.02. The van der Waals surface area contributed by atoms with E-state index in [1.807, 2.05) is 86.7 Å². The summed E-state index contributed by atoms with van der Waals surface area (Å²) in [4.78, 5) is 30.3. The zero-order chi connectivity index (χ0) is 23.9. The molecule has 0 saturated heterocycles. The van der Waals surface area contributed by atoms with Crippen LogP contribution in [0.25, 0.3) is 22.7 Å². The number of carbonyl (C=O) groups excluding carboxylic acids is 1. The Balaban J connectivity index is 1.51. The Kier molecular flexibility index (Phi) is 7.34. The Morgan fingerprint density at radius 2 is 1.74 bits per heavy atom. The van der Waals surface area contributed by atoms with Gasteiger partial charge >= 0.3 is 0 Å². The first kappa shape index (κ1) is 23.2. The highest BCUT2D eigenvalue weighted by Crippen LogP contribution is 2.21. The van der Waals surface area contributed by atoms with E-state index in [0.717, 1.165) is 16.7 Å². The largest absolute Gasteiger partial charge is 0.272 e. The lowest BCUT2D eigenvalue weighted by Crippen LogP contribution is -2.24. The van der Waals surface area contributed by atoms with Crippen molar-refractivity contribution in [3.63, 3.8) is 0 Å². The van der Waals surface area contributed by atoms with Crippen LogP contribution in [-0.4, -0.2) is 27.4 Å². The van der Waals surface area contributed by atoms with Gasteiger partial charge in [0, 0.05) is 0 Å². The lowest BCUT2D eigenvalue weighted by Gasteiger charge is -2.13. The Labute approximate surface area is 202 Å². The molecular formula is C27H24N4O2S. The number of aryl methyl sites for hydroxylation is 1. The summed E-state index contributed by atoms with van der Waals surface area (Å²) in [5.74, 6) is -0.221. The summed E-state index contributed by atoms with van der Waals surface area (Å²) >= 11 is 1.20. The smallest absolute Gasteiger partial charge is 0.266 e. The quantitative estimate of drug-likeness (QED) is 0.179. The van der Waals surface area contributed by atoms with Crippen molar-refractivity contribution in [2.24, 2.45) is 5.10 Å². The van der Waals surface area contributed by atoms with Crippen molar-refractivity contribution >= 4 is 40.9 Å². The maximum absolute atomic E-state index is 13.3.